The molecule has 0 atom stereocenters. The molecule has 0 N–H and O–H groups in total. The van der Waals surface area contributed by atoms with Crippen LogP contribution >= 0.6 is 0 Å². The van der Waals surface area contributed by atoms with E-state index < -0.39 is 6.16 Å². The van der Waals surface area contributed by atoms with Gasteiger partial charge in [-0.2, -0.15) is 0 Å². The highest BCUT2D eigenvalue weighted by Crippen LogP contribution is 2.04. The Morgan fingerprint density at radius 2 is 2.06 bits per heavy atom. The summed E-state index contributed by atoms with van der Waals surface area (Å²) in [5.41, 5.74) is 0. The van der Waals surface area contributed by atoms with E-state index in [2.05, 4.69) is 11.9 Å². The number of ether oxygens (including phenoxy) is 3. The summed E-state index contributed by atoms with van der Waals surface area (Å²) >= 11 is 0. The van der Waals surface area contributed by atoms with Crippen LogP contribution < -0.4 is 4.74 Å². The van der Waals surface area contributed by atoms with E-state index in [0.717, 1.165) is 19.4 Å². The maximum atomic E-state index is 11.2. The van der Waals surface area contributed by atoms with Crippen LogP contribution in [0.25, 0.3) is 0 Å². The molecule has 0 spiro atoms. The quantitative estimate of drug-likeness (QED) is 0.526. The zero-order valence-corrected chi connectivity index (χ0v) is 10.6. The van der Waals surface area contributed by atoms with E-state index in [1.165, 1.54) is 0 Å². The Balaban J connectivity index is 2.00. The summed E-state index contributed by atoms with van der Waals surface area (Å²) in [6, 6.07) is 5.07. The van der Waals surface area contributed by atoms with Crippen molar-refractivity contribution in [1.82, 2.24) is 4.98 Å². The van der Waals surface area contributed by atoms with Gasteiger partial charge in [0.15, 0.2) is 0 Å². The molecule has 0 saturated carbocycles. The molecule has 1 aromatic heterocycles. The van der Waals surface area contributed by atoms with Crippen molar-refractivity contribution in [2.45, 2.75) is 26.2 Å². The van der Waals surface area contributed by atoms with Crippen LogP contribution in [0.2, 0.25) is 0 Å². The van der Waals surface area contributed by atoms with Gasteiger partial charge in [0.05, 0.1) is 6.61 Å². The van der Waals surface area contributed by atoms with E-state index in [-0.39, 0.29) is 12.5 Å². The van der Waals surface area contributed by atoms with Crippen LogP contribution in [0, 0.1) is 0 Å². The molecule has 0 fully saturated rings. The van der Waals surface area contributed by atoms with Crippen LogP contribution in [0.5, 0.6) is 5.88 Å². The number of hydrogen-bond donors (Lipinski definition) is 0. The van der Waals surface area contributed by atoms with Crippen molar-refractivity contribution >= 4 is 6.16 Å². The Morgan fingerprint density at radius 1 is 1.22 bits per heavy atom. The van der Waals surface area contributed by atoms with Crippen molar-refractivity contribution in [2.24, 2.45) is 0 Å². The number of pyridine rings is 1. The van der Waals surface area contributed by atoms with E-state index in [9.17, 15) is 4.79 Å². The standard InChI is InChI=1S/C13H19NO4/c1-2-3-9-16-10-6-11-17-13(15)18-12-7-4-5-8-14-12/h4-5,7-8H,2-3,6,9-11H2,1H3. The lowest BCUT2D eigenvalue weighted by molar-refractivity contribution is 0.0759. The number of rotatable bonds is 8. The van der Waals surface area contributed by atoms with Gasteiger partial charge in [0.1, 0.15) is 0 Å². The predicted octanol–water partition coefficient (Wildman–Crippen LogP) is 2.80. The largest absolute Gasteiger partial charge is 0.515 e. The number of nitrogens with zero attached hydrogens (tertiary/aromatic N) is 1. The van der Waals surface area contributed by atoms with Crippen LogP contribution in [-0.2, 0) is 9.47 Å². The molecule has 1 rings (SSSR count). The van der Waals surface area contributed by atoms with Crippen LogP contribution in [0.1, 0.15) is 26.2 Å². The van der Waals surface area contributed by atoms with Crippen molar-refractivity contribution in [1.29, 1.82) is 0 Å². The second-order valence-corrected chi connectivity index (χ2v) is 3.69. The molecule has 1 heterocycles. The zero-order valence-electron chi connectivity index (χ0n) is 10.6. The van der Waals surface area contributed by atoms with E-state index in [1.807, 2.05) is 0 Å². The minimum atomic E-state index is -0.734. The second kappa shape index (κ2) is 9.41. The van der Waals surface area contributed by atoms with Crippen LogP contribution in [0.4, 0.5) is 4.79 Å². The van der Waals surface area contributed by atoms with Crippen molar-refractivity contribution < 1.29 is 19.0 Å². The van der Waals surface area contributed by atoms with E-state index in [0.29, 0.717) is 13.0 Å². The summed E-state index contributed by atoms with van der Waals surface area (Å²) in [6.07, 6.45) is 3.66. The predicted molar refractivity (Wildman–Crippen MR) is 66.6 cm³/mol. The normalized spacial score (nSPS) is 10.1. The van der Waals surface area contributed by atoms with E-state index in [1.54, 1.807) is 24.4 Å². The van der Waals surface area contributed by atoms with Gasteiger partial charge in [-0.15, -0.1) is 0 Å². The highest BCUT2D eigenvalue weighted by atomic mass is 16.7. The minimum absolute atomic E-state index is 0.238. The molecule has 0 aromatic carbocycles. The third-order valence-electron chi connectivity index (χ3n) is 2.12. The first-order valence-corrected chi connectivity index (χ1v) is 6.16. The molecule has 100 valence electrons. The van der Waals surface area contributed by atoms with Crippen LogP contribution in [-0.4, -0.2) is 31.0 Å². The third kappa shape index (κ3) is 6.85. The summed E-state index contributed by atoms with van der Waals surface area (Å²) in [7, 11) is 0. The van der Waals surface area contributed by atoms with Crippen molar-refractivity contribution in [2.75, 3.05) is 19.8 Å². The zero-order chi connectivity index (χ0) is 13.1. The Kier molecular flexibility index (Phi) is 7.55. The molecule has 0 aliphatic rings. The van der Waals surface area contributed by atoms with Crippen molar-refractivity contribution in [3.63, 3.8) is 0 Å². The fourth-order valence-electron chi connectivity index (χ4n) is 1.19. The molecule has 0 saturated heterocycles. The number of carbonyl (C=O) groups excluding carboxylic acids is 1. The second-order valence-electron chi connectivity index (χ2n) is 3.69. The topological polar surface area (TPSA) is 57.7 Å². The van der Waals surface area contributed by atoms with Gasteiger partial charge in [0.2, 0.25) is 5.88 Å². The number of aromatic nitrogens is 1. The average molecular weight is 253 g/mol. The van der Waals surface area contributed by atoms with Gasteiger partial charge in [0.25, 0.3) is 0 Å². The first-order valence-electron chi connectivity index (χ1n) is 6.16. The lowest BCUT2D eigenvalue weighted by Gasteiger charge is -2.05. The summed E-state index contributed by atoms with van der Waals surface area (Å²) in [5.74, 6) is 0.238. The maximum absolute atomic E-state index is 11.2. The fraction of sp³-hybridized carbons (Fsp3) is 0.538. The SMILES string of the molecule is CCCCOCCCOC(=O)Oc1ccccn1. The molecule has 0 amide bonds. The molecule has 0 bridgehead atoms. The molecular formula is C13H19NO4. The summed E-state index contributed by atoms with van der Waals surface area (Å²) in [5, 5.41) is 0. The lowest BCUT2D eigenvalue weighted by Crippen LogP contribution is -2.13. The maximum Gasteiger partial charge on any atom is 0.515 e. The summed E-state index contributed by atoms with van der Waals surface area (Å²) < 4.78 is 15.0. The monoisotopic (exact) mass is 253 g/mol. The molecule has 0 unspecified atom stereocenters. The van der Waals surface area contributed by atoms with Crippen molar-refractivity contribution in [3.05, 3.63) is 24.4 Å². The minimum Gasteiger partial charge on any atom is -0.434 e. The first-order chi connectivity index (χ1) is 8.83. The third-order valence-corrected chi connectivity index (χ3v) is 2.12. The van der Waals surface area contributed by atoms with E-state index in [4.69, 9.17) is 14.2 Å². The van der Waals surface area contributed by atoms with Gasteiger partial charge >= 0.3 is 6.16 Å². The Hall–Kier alpha value is -1.62. The molecule has 0 radical (unpaired) electrons. The highest BCUT2D eigenvalue weighted by Gasteiger charge is 2.05. The Morgan fingerprint density at radius 3 is 2.78 bits per heavy atom. The summed E-state index contributed by atoms with van der Waals surface area (Å²) in [6.45, 7) is 3.75. The number of hydrogen-bond acceptors (Lipinski definition) is 5. The van der Waals surface area contributed by atoms with E-state index >= 15 is 0 Å². The highest BCUT2D eigenvalue weighted by molar-refractivity contribution is 5.62. The Bertz CT molecular complexity index is 329. The molecular weight excluding hydrogens is 234 g/mol. The van der Waals surface area contributed by atoms with Crippen molar-refractivity contribution in [3.8, 4) is 5.88 Å². The van der Waals surface area contributed by atoms with Gasteiger partial charge in [-0.3, -0.25) is 0 Å². The molecule has 5 heteroatoms. The summed E-state index contributed by atoms with van der Waals surface area (Å²) in [4.78, 5) is 15.1. The molecule has 5 nitrogen and oxygen atoms in total. The van der Waals surface area contributed by atoms with Gasteiger partial charge < -0.3 is 14.2 Å². The average Bonchev–Trinajstić information content (AvgIpc) is 2.39. The first kappa shape index (κ1) is 14.4. The smallest absolute Gasteiger partial charge is 0.434 e. The van der Waals surface area contributed by atoms with Gasteiger partial charge in [0, 0.05) is 31.9 Å². The number of unbranched alkanes of at least 4 members (excludes halogenated alkanes) is 1. The van der Waals surface area contributed by atoms with Crippen LogP contribution in [0.15, 0.2) is 24.4 Å². The molecule has 18 heavy (non-hydrogen) atoms. The number of carbonyl (C=O) groups is 1. The Labute approximate surface area is 107 Å². The molecule has 0 aliphatic heterocycles. The van der Waals surface area contributed by atoms with Gasteiger partial charge in [-0.05, 0) is 12.5 Å². The van der Waals surface area contributed by atoms with Gasteiger partial charge in [-0.1, -0.05) is 19.4 Å². The fourth-order valence-corrected chi connectivity index (χ4v) is 1.19. The lowest BCUT2D eigenvalue weighted by atomic mass is 10.4. The van der Waals surface area contributed by atoms with Gasteiger partial charge in [-0.25, -0.2) is 9.78 Å². The van der Waals surface area contributed by atoms with Crippen LogP contribution in [0.3, 0.4) is 0 Å². The molecule has 1 aromatic rings. The molecule has 0 aliphatic carbocycles.